The van der Waals surface area contributed by atoms with Crippen LogP contribution in [0.15, 0.2) is 83.8 Å². The van der Waals surface area contributed by atoms with Gasteiger partial charge in [-0.05, 0) is 25.1 Å². The van der Waals surface area contributed by atoms with Gasteiger partial charge in [0.2, 0.25) is 5.91 Å². The van der Waals surface area contributed by atoms with Crippen molar-refractivity contribution in [1.29, 1.82) is 0 Å². The molecule has 0 saturated carbocycles. The number of hydrogen-bond donors (Lipinski definition) is 1. The number of rotatable bonds is 3. The van der Waals surface area contributed by atoms with Crippen LogP contribution in [0.2, 0.25) is 0 Å². The van der Waals surface area contributed by atoms with Crippen molar-refractivity contribution in [1.82, 2.24) is 19.2 Å². The number of fused-ring (bicyclic) bond motifs is 6. The van der Waals surface area contributed by atoms with E-state index in [9.17, 15) is 9.59 Å². The van der Waals surface area contributed by atoms with Crippen LogP contribution < -0.4 is 10.9 Å². The van der Waals surface area contributed by atoms with Gasteiger partial charge in [-0.1, -0.05) is 54.6 Å². The minimum Gasteiger partial charge on any atom is -0.322 e. The van der Waals surface area contributed by atoms with E-state index in [2.05, 4.69) is 14.8 Å². The Kier molecular flexibility index (Phi) is 4.23. The SMILES string of the molecule is Cc1nc2ccccc2c2c(NC(=O)Cn3ncc4ccccc4c3=O)c3ccccc3n12. The van der Waals surface area contributed by atoms with Gasteiger partial charge in [-0.2, -0.15) is 5.10 Å². The molecule has 1 amide bonds. The third kappa shape index (κ3) is 2.97. The first-order valence-electron chi connectivity index (χ1n) is 10.6. The summed E-state index contributed by atoms with van der Waals surface area (Å²) >= 11 is 0. The van der Waals surface area contributed by atoms with E-state index in [0.29, 0.717) is 11.1 Å². The van der Waals surface area contributed by atoms with E-state index in [1.54, 1.807) is 18.3 Å². The molecule has 0 unspecified atom stereocenters. The molecule has 1 N–H and O–H groups in total. The van der Waals surface area contributed by atoms with Crippen LogP contribution in [0, 0.1) is 6.92 Å². The fourth-order valence-electron chi connectivity index (χ4n) is 4.51. The molecule has 3 heterocycles. The average molecular weight is 433 g/mol. The smallest absolute Gasteiger partial charge is 0.275 e. The minimum atomic E-state index is -0.323. The van der Waals surface area contributed by atoms with Crippen molar-refractivity contribution in [3.8, 4) is 0 Å². The van der Waals surface area contributed by atoms with E-state index in [0.717, 1.165) is 38.5 Å². The van der Waals surface area contributed by atoms with Gasteiger partial charge in [-0.25, -0.2) is 9.67 Å². The maximum Gasteiger partial charge on any atom is 0.275 e. The maximum absolute atomic E-state index is 13.1. The van der Waals surface area contributed by atoms with Gasteiger partial charge < -0.3 is 5.32 Å². The van der Waals surface area contributed by atoms with E-state index in [-0.39, 0.29) is 18.0 Å². The normalized spacial score (nSPS) is 11.5. The lowest BCUT2D eigenvalue weighted by atomic mass is 10.1. The van der Waals surface area contributed by atoms with Crippen LogP contribution in [0.4, 0.5) is 5.69 Å². The second kappa shape index (κ2) is 7.27. The molecular weight excluding hydrogens is 414 g/mol. The third-order valence-corrected chi connectivity index (χ3v) is 5.96. The number of para-hydroxylation sites is 2. The topological polar surface area (TPSA) is 81.3 Å². The third-order valence-electron chi connectivity index (χ3n) is 5.96. The molecule has 3 aromatic carbocycles. The first-order chi connectivity index (χ1) is 16.1. The Bertz CT molecular complexity index is 1780. The standard InChI is InChI=1S/C26H19N5O2/c1-16-28-21-12-6-4-10-19(21)25-24(20-11-5-7-13-22(20)31(16)25)29-23(32)15-30-26(33)18-9-3-2-8-17(18)14-27-30/h2-14H,15H2,1H3,(H,29,32). The molecule has 0 bridgehead atoms. The Morgan fingerprint density at radius 2 is 1.61 bits per heavy atom. The summed E-state index contributed by atoms with van der Waals surface area (Å²) in [5.74, 6) is 0.504. The zero-order valence-electron chi connectivity index (χ0n) is 17.8. The van der Waals surface area contributed by atoms with Gasteiger partial charge >= 0.3 is 0 Å². The van der Waals surface area contributed by atoms with Gasteiger partial charge in [-0.15, -0.1) is 0 Å². The van der Waals surface area contributed by atoms with Crippen LogP contribution in [0.3, 0.4) is 0 Å². The number of hydrogen-bond acceptors (Lipinski definition) is 4. The molecule has 0 fully saturated rings. The van der Waals surface area contributed by atoms with Crippen molar-refractivity contribution in [2.24, 2.45) is 0 Å². The molecular formula is C26H19N5O2. The fraction of sp³-hybridized carbons (Fsp3) is 0.0769. The van der Waals surface area contributed by atoms with Gasteiger partial charge in [0.25, 0.3) is 5.56 Å². The first-order valence-corrected chi connectivity index (χ1v) is 10.6. The minimum absolute atomic E-state index is 0.183. The first kappa shape index (κ1) is 19.2. The van der Waals surface area contributed by atoms with Crippen molar-refractivity contribution < 1.29 is 4.79 Å². The summed E-state index contributed by atoms with van der Waals surface area (Å²) in [5.41, 5.74) is 3.10. The number of benzene rings is 3. The second-order valence-electron chi connectivity index (χ2n) is 8.00. The molecule has 0 aliphatic heterocycles. The summed E-state index contributed by atoms with van der Waals surface area (Å²) in [7, 11) is 0. The van der Waals surface area contributed by atoms with Crippen LogP contribution in [-0.2, 0) is 11.3 Å². The Morgan fingerprint density at radius 1 is 0.909 bits per heavy atom. The number of carbonyl (C=O) groups is 1. The molecule has 0 radical (unpaired) electrons. The largest absolute Gasteiger partial charge is 0.322 e. The highest BCUT2D eigenvalue weighted by Crippen LogP contribution is 2.36. The highest BCUT2D eigenvalue weighted by Gasteiger charge is 2.19. The fourth-order valence-corrected chi connectivity index (χ4v) is 4.51. The molecule has 6 rings (SSSR count). The van der Waals surface area contributed by atoms with Gasteiger partial charge in [0, 0.05) is 16.2 Å². The number of nitrogens with one attached hydrogen (secondary N) is 1. The Balaban J connectivity index is 1.50. The highest BCUT2D eigenvalue weighted by molar-refractivity contribution is 6.16. The van der Waals surface area contributed by atoms with Crippen molar-refractivity contribution in [2.75, 3.05) is 5.32 Å². The van der Waals surface area contributed by atoms with Crippen molar-refractivity contribution in [2.45, 2.75) is 13.5 Å². The molecule has 0 aliphatic rings. The predicted octanol–water partition coefficient (Wildman–Crippen LogP) is 4.30. The predicted molar refractivity (Wildman–Crippen MR) is 130 cm³/mol. The van der Waals surface area contributed by atoms with Crippen LogP contribution >= 0.6 is 0 Å². The number of aryl methyl sites for hydroxylation is 1. The van der Waals surface area contributed by atoms with Gasteiger partial charge in [0.15, 0.2) is 0 Å². The van der Waals surface area contributed by atoms with Gasteiger partial charge in [-0.3, -0.25) is 14.0 Å². The molecule has 3 aromatic heterocycles. The maximum atomic E-state index is 13.1. The molecule has 0 atom stereocenters. The van der Waals surface area contributed by atoms with Gasteiger partial charge in [0.1, 0.15) is 12.4 Å². The number of nitrogens with zero attached hydrogens (tertiary/aromatic N) is 4. The highest BCUT2D eigenvalue weighted by atomic mass is 16.2. The molecule has 7 nitrogen and oxygen atoms in total. The number of carbonyl (C=O) groups excluding carboxylic acids is 1. The lowest BCUT2D eigenvalue weighted by molar-refractivity contribution is -0.117. The number of amides is 1. The molecule has 33 heavy (non-hydrogen) atoms. The van der Waals surface area contributed by atoms with Crippen LogP contribution in [-0.4, -0.2) is 25.1 Å². The monoisotopic (exact) mass is 433 g/mol. The number of anilines is 1. The molecule has 0 aliphatic carbocycles. The van der Waals surface area contributed by atoms with E-state index in [1.807, 2.05) is 67.6 Å². The van der Waals surface area contributed by atoms with Crippen molar-refractivity contribution >= 4 is 49.7 Å². The van der Waals surface area contributed by atoms with Crippen molar-refractivity contribution in [3.05, 3.63) is 95.2 Å². The zero-order chi connectivity index (χ0) is 22.5. The lowest BCUT2D eigenvalue weighted by Gasteiger charge is -2.10. The van der Waals surface area contributed by atoms with Crippen molar-refractivity contribution in [3.63, 3.8) is 0 Å². The van der Waals surface area contributed by atoms with Crippen LogP contribution in [0.25, 0.3) is 38.1 Å². The van der Waals surface area contributed by atoms with E-state index < -0.39 is 0 Å². The second-order valence-corrected chi connectivity index (χ2v) is 8.00. The van der Waals surface area contributed by atoms with Gasteiger partial charge in [0.05, 0.1) is 33.8 Å². The van der Waals surface area contributed by atoms with Crippen LogP contribution in [0.1, 0.15) is 5.82 Å². The summed E-state index contributed by atoms with van der Waals surface area (Å²) in [6.45, 7) is 1.77. The van der Waals surface area contributed by atoms with E-state index in [4.69, 9.17) is 4.98 Å². The summed E-state index contributed by atoms with van der Waals surface area (Å²) in [6.07, 6.45) is 1.61. The molecule has 7 heteroatoms. The molecule has 6 aromatic rings. The summed E-state index contributed by atoms with van der Waals surface area (Å²) in [4.78, 5) is 30.7. The summed E-state index contributed by atoms with van der Waals surface area (Å²) < 4.78 is 3.26. The molecule has 0 spiro atoms. The number of aromatic nitrogens is 4. The van der Waals surface area contributed by atoms with Crippen LogP contribution in [0.5, 0.6) is 0 Å². The lowest BCUT2D eigenvalue weighted by Crippen LogP contribution is -2.29. The van der Waals surface area contributed by atoms with E-state index in [1.165, 1.54) is 4.68 Å². The Morgan fingerprint density at radius 3 is 2.45 bits per heavy atom. The molecule has 160 valence electrons. The van der Waals surface area contributed by atoms with E-state index >= 15 is 0 Å². The molecule has 0 saturated heterocycles. The Hall–Kier alpha value is -4.52. The average Bonchev–Trinajstić information content (AvgIpc) is 3.16. The Labute approximate surface area is 187 Å². The summed E-state index contributed by atoms with van der Waals surface area (Å²) in [6, 6.07) is 23.0. The summed E-state index contributed by atoms with van der Waals surface area (Å²) in [5, 5.41) is 10.4. The zero-order valence-corrected chi connectivity index (χ0v) is 17.8. The quantitative estimate of drug-likeness (QED) is 0.451.